The number of aromatic nitrogens is 1. The maximum atomic E-state index is 12.4. The molecule has 2 heterocycles. The molecule has 1 amide bonds. The summed E-state index contributed by atoms with van der Waals surface area (Å²) in [6, 6.07) is 14.0. The third kappa shape index (κ3) is 2.31. The molecule has 0 radical (unpaired) electrons. The van der Waals surface area contributed by atoms with Gasteiger partial charge in [-0.05, 0) is 24.3 Å². The van der Waals surface area contributed by atoms with Gasteiger partial charge < -0.3 is 10.1 Å². The van der Waals surface area contributed by atoms with E-state index in [0.717, 1.165) is 0 Å². The molecule has 1 aliphatic rings. The van der Waals surface area contributed by atoms with Crippen molar-refractivity contribution in [3.8, 4) is 17.1 Å². The highest BCUT2D eigenvalue weighted by atomic mass is 35.5. The zero-order valence-corrected chi connectivity index (χ0v) is 13.7. The van der Waals surface area contributed by atoms with Crippen molar-refractivity contribution in [1.82, 2.24) is 4.98 Å². The number of aromatic amines is 1. The highest BCUT2D eigenvalue weighted by Crippen LogP contribution is 2.38. The summed E-state index contributed by atoms with van der Waals surface area (Å²) < 4.78 is 0. The Balaban J connectivity index is 1.91. The van der Waals surface area contributed by atoms with Gasteiger partial charge in [0.15, 0.2) is 5.88 Å². The molecule has 1 aromatic heterocycles. The number of rotatable bonds is 2. The van der Waals surface area contributed by atoms with Crippen LogP contribution in [0.1, 0.15) is 21.5 Å². The molecule has 4 rings (SSSR count). The number of carbonyl (C=O) groups is 1. The maximum absolute atomic E-state index is 12.4. The molecule has 0 unspecified atom stereocenters. The van der Waals surface area contributed by atoms with E-state index >= 15 is 0 Å². The average molecular weight is 357 g/mol. The van der Waals surface area contributed by atoms with E-state index in [1.54, 1.807) is 42.5 Å². The molecular weight excluding hydrogens is 347 g/mol. The smallest absolute Gasteiger partial charge is 0.280 e. The standard InChI is InChI=1S/C18H10Cl2N2O2/c19-11-5-1-3-9(7-11)15-13-14(18(24)21-15)16(22-17(13)23)10-4-2-6-12(20)8-10/h1-8,21,24H. The van der Waals surface area contributed by atoms with E-state index in [9.17, 15) is 9.90 Å². The lowest BCUT2D eigenvalue weighted by molar-refractivity contribution is 0.101. The summed E-state index contributed by atoms with van der Waals surface area (Å²) in [6.45, 7) is 0. The van der Waals surface area contributed by atoms with Gasteiger partial charge in [0.25, 0.3) is 5.91 Å². The molecule has 3 aromatic rings. The number of aliphatic imine (C=N–C) groups is 1. The van der Waals surface area contributed by atoms with Crippen molar-refractivity contribution < 1.29 is 9.90 Å². The average Bonchev–Trinajstić information content (AvgIpc) is 3.07. The van der Waals surface area contributed by atoms with E-state index in [4.69, 9.17) is 23.2 Å². The third-order valence-corrected chi connectivity index (χ3v) is 4.33. The summed E-state index contributed by atoms with van der Waals surface area (Å²) in [7, 11) is 0. The van der Waals surface area contributed by atoms with Crippen LogP contribution >= 0.6 is 23.2 Å². The monoisotopic (exact) mass is 356 g/mol. The summed E-state index contributed by atoms with van der Waals surface area (Å²) in [4.78, 5) is 19.4. The molecule has 2 aromatic carbocycles. The normalized spacial score (nSPS) is 13.1. The van der Waals surface area contributed by atoms with Crippen molar-refractivity contribution in [3.63, 3.8) is 0 Å². The molecular formula is C18H10Cl2N2O2. The van der Waals surface area contributed by atoms with E-state index in [1.807, 2.05) is 6.07 Å². The first kappa shape index (κ1) is 15.0. The second-order valence-electron chi connectivity index (χ2n) is 5.38. The molecule has 0 saturated heterocycles. The molecule has 4 nitrogen and oxygen atoms in total. The molecule has 6 heteroatoms. The number of amides is 1. The van der Waals surface area contributed by atoms with E-state index in [2.05, 4.69) is 9.98 Å². The van der Waals surface area contributed by atoms with Crippen molar-refractivity contribution in [1.29, 1.82) is 0 Å². The molecule has 0 fully saturated rings. The number of nitrogens with zero attached hydrogens (tertiary/aromatic N) is 1. The zero-order chi connectivity index (χ0) is 16.8. The molecule has 0 bridgehead atoms. The third-order valence-electron chi connectivity index (χ3n) is 3.86. The number of aromatic hydroxyl groups is 1. The largest absolute Gasteiger partial charge is 0.494 e. The van der Waals surface area contributed by atoms with Crippen LogP contribution in [-0.2, 0) is 0 Å². The molecule has 2 N–H and O–H groups in total. The first-order chi connectivity index (χ1) is 11.5. The van der Waals surface area contributed by atoms with Crippen molar-refractivity contribution in [2.45, 2.75) is 0 Å². The van der Waals surface area contributed by atoms with Crippen LogP contribution in [0.4, 0.5) is 0 Å². The van der Waals surface area contributed by atoms with Gasteiger partial charge in [-0.2, -0.15) is 0 Å². The van der Waals surface area contributed by atoms with Crippen LogP contribution in [0.25, 0.3) is 11.3 Å². The van der Waals surface area contributed by atoms with E-state index in [-0.39, 0.29) is 5.88 Å². The van der Waals surface area contributed by atoms with Crippen LogP contribution in [0, 0.1) is 0 Å². The summed E-state index contributed by atoms with van der Waals surface area (Å²) in [6.07, 6.45) is 0. The predicted molar refractivity (Wildman–Crippen MR) is 94.3 cm³/mol. The molecule has 0 saturated carbocycles. The van der Waals surface area contributed by atoms with Crippen LogP contribution < -0.4 is 0 Å². The van der Waals surface area contributed by atoms with Gasteiger partial charge in [-0.15, -0.1) is 0 Å². The van der Waals surface area contributed by atoms with Crippen LogP contribution in [0.15, 0.2) is 53.5 Å². The Morgan fingerprint density at radius 2 is 1.54 bits per heavy atom. The minimum Gasteiger partial charge on any atom is -0.494 e. The Morgan fingerprint density at radius 3 is 2.21 bits per heavy atom. The zero-order valence-electron chi connectivity index (χ0n) is 12.2. The molecule has 118 valence electrons. The van der Waals surface area contributed by atoms with Crippen molar-refractivity contribution in [2.24, 2.45) is 4.99 Å². The van der Waals surface area contributed by atoms with E-state index < -0.39 is 5.91 Å². The first-order valence-electron chi connectivity index (χ1n) is 7.15. The highest BCUT2D eigenvalue weighted by Gasteiger charge is 2.33. The minimum atomic E-state index is -0.411. The number of carbonyl (C=O) groups excluding carboxylic acids is 1. The molecule has 1 aliphatic heterocycles. The minimum absolute atomic E-state index is 0.107. The van der Waals surface area contributed by atoms with Crippen LogP contribution in [0.5, 0.6) is 5.88 Å². The van der Waals surface area contributed by atoms with Crippen LogP contribution in [0.2, 0.25) is 10.0 Å². The van der Waals surface area contributed by atoms with E-state index in [1.165, 1.54) is 0 Å². The molecule has 24 heavy (non-hydrogen) atoms. The number of hydrogen-bond acceptors (Lipinski definition) is 2. The van der Waals surface area contributed by atoms with Crippen molar-refractivity contribution >= 4 is 34.8 Å². The summed E-state index contributed by atoms with van der Waals surface area (Å²) in [5, 5.41) is 11.4. The lowest BCUT2D eigenvalue weighted by Crippen LogP contribution is -1.99. The summed E-state index contributed by atoms with van der Waals surface area (Å²) in [5.41, 5.74) is 2.99. The fourth-order valence-corrected chi connectivity index (χ4v) is 3.23. The summed E-state index contributed by atoms with van der Waals surface area (Å²) >= 11 is 12.0. The van der Waals surface area contributed by atoms with Gasteiger partial charge in [0.1, 0.15) is 0 Å². The highest BCUT2D eigenvalue weighted by molar-refractivity contribution is 6.33. The number of H-pyrrole nitrogens is 1. The Bertz CT molecular complexity index is 1020. The van der Waals surface area contributed by atoms with Crippen LogP contribution in [-0.4, -0.2) is 21.7 Å². The van der Waals surface area contributed by atoms with Gasteiger partial charge >= 0.3 is 0 Å². The molecule has 0 aliphatic carbocycles. The van der Waals surface area contributed by atoms with Gasteiger partial charge in [0.05, 0.1) is 22.5 Å². The van der Waals surface area contributed by atoms with Crippen LogP contribution in [0.3, 0.4) is 0 Å². The number of benzene rings is 2. The van der Waals surface area contributed by atoms with Gasteiger partial charge in [-0.25, -0.2) is 4.99 Å². The first-order valence-corrected chi connectivity index (χ1v) is 7.90. The predicted octanol–water partition coefficient (Wildman–Crippen LogP) is 4.69. The number of halogens is 2. The van der Waals surface area contributed by atoms with Gasteiger partial charge in [-0.1, -0.05) is 47.5 Å². The topological polar surface area (TPSA) is 65.4 Å². The quantitative estimate of drug-likeness (QED) is 0.699. The molecule has 0 spiro atoms. The Kier molecular flexibility index (Phi) is 3.44. The maximum Gasteiger partial charge on any atom is 0.280 e. The van der Waals surface area contributed by atoms with Gasteiger partial charge in [0.2, 0.25) is 0 Å². The fourth-order valence-electron chi connectivity index (χ4n) is 2.85. The Hall–Kier alpha value is -2.56. The van der Waals surface area contributed by atoms with E-state index in [0.29, 0.717) is 43.7 Å². The van der Waals surface area contributed by atoms with Gasteiger partial charge in [0, 0.05) is 21.2 Å². The van der Waals surface area contributed by atoms with Crippen molar-refractivity contribution in [2.75, 3.05) is 0 Å². The Labute approximate surface area is 147 Å². The fraction of sp³-hybridized carbons (Fsp3) is 0. The number of nitrogens with one attached hydrogen (secondary N) is 1. The SMILES string of the molecule is O=C1N=C(c2cccc(Cl)c2)c2c(O)[nH]c(-c3cccc(Cl)c3)c21. The molecule has 0 atom stereocenters. The van der Waals surface area contributed by atoms with Gasteiger partial charge in [-0.3, -0.25) is 4.79 Å². The lowest BCUT2D eigenvalue weighted by Gasteiger charge is -2.01. The summed E-state index contributed by atoms with van der Waals surface area (Å²) in [5.74, 6) is -0.518. The lowest BCUT2D eigenvalue weighted by atomic mass is 10.0. The number of hydrogen-bond donors (Lipinski definition) is 2. The second kappa shape index (κ2) is 5.51. The van der Waals surface area contributed by atoms with Crippen molar-refractivity contribution in [3.05, 3.63) is 75.3 Å². The Morgan fingerprint density at radius 1 is 0.917 bits per heavy atom. The number of fused-ring (bicyclic) bond motifs is 1. The second-order valence-corrected chi connectivity index (χ2v) is 6.26.